The minimum absolute atomic E-state index is 0.00243. The summed E-state index contributed by atoms with van der Waals surface area (Å²) < 4.78 is 12.6. The number of carbonyl (C=O) groups is 3. The predicted octanol–water partition coefficient (Wildman–Crippen LogP) is 10.1. The van der Waals surface area contributed by atoms with Crippen molar-refractivity contribution in [2.24, 2.45) is 50.2 Å². The Hall–Kier alpha value is -4.33. The van der Waals surface area contributed by atoms with Crippen molar-refractivity contribution < 1.29 is 39.2 Å². The molecule has 7 rings (SSSR count). The van der Waals surface area contributed by atoms with E-state index in [1.54, 1.807) is 60.7 Å². The SMILES string of the molecule is CC1(C)CCC2(C(=O)O)CCC3(COC(=O)C=Cc4ccc(O)cc4)C(=CCC4C5(C)CCC(OC(=O)C=Cc6ccc(O)cc6)C(C)(C)C5CCC43C)C2C1. The molecule has 2 aromatic rings. The summed E-state index contributed by atoms with van der Waals surface area (Å²) in [6, 6.07) is 13.3. The first-order chi connectivity index (χ1) is 26.4. The molecule has 5 aliphatic carbocycles. The van der Waals surface area contributed by atoms with Crippen molar-refractivity contribution in [3.05, 3.63) is 83.5 Å². The average molecular weight is 765 g/mol. The van der Waals surface area contributed by atoms with Crippen LogP contribution in [0, 0.1) is 50.2 Å². The zero-order valence-electron chi connectivity index (χ0n) is 34.0. The number of phenolic OH excluding ortho intramolecular Hbond substituents is 2. The molecule has 0 aromatic heterocycles. The Morgan fingerprint density at radius 3 is 1.93 bits per heavy atom. The summed E-state index contributed by atoms with van der Waals surface area (Å²) in [6.07, 6.45) is 16.3. The molecular formula is C48H60O8. The van der Waals surface area contributed by atoms with Gasteiger partial charge in [-0.3, -0.25) is 4.79 Å². The molecule has 0 amide bonds. The summed E-state index contributed by atoms with van der Waals surface area (Å²) in [6.45, 7) is 14.1. The van der Waals surface area contributed by atoms with E-state index in [4.69, 9.17) is 9.47 Å². The molecule has 4 saturated carbocycles. The lowest BCUT2D eigenvalue weighted by atomic mass is 9.33. The van der Waals surface area contributed by atoms with Gasteiger partial charge >= 0.3 is 17.9 Å². The van der Waals surface area contributed by atoms with Crippen LogP contribution in [0.15, 0.2) is 72.3 Å². The molecule has 4 fully saturated rings. The molecule has 2 aromatic carbocycles. The second-order valence-corrected chi connectivity index (χ2v) is 19.7. The van der Waals surface area contributed by atoms with Crippen LogP contribution in [0.2, 0.25) is 0 Å². The zero-order valence-corrected chi connectivity index (χ0v) is 34.0. The van der Waals surface area contributed by atoms with Crippen LogP contribution in [0.3, 0.4) is 0 Å². The number of hydrogen-bond acceptors (Lipinski definition) is 7. The van der Waals surface area contributed by atoms with Gasteiger partial charge in [0, 0.05) is 23.0 Å². The number of carboxylic acid groups (broad SMARTS) is 1. The maximum atomic E-state index is 13.5. The third-order valence-corrected chi connectivity index (χ3v) is 16.0. The molecular weight excluding hydrogens is 705 g/mol. The Balaban J connectivity index is 1.20. The number of fused-ring (bicyclic) bond motifs is 7. The number of carbonyl (C=O) groups excluding carboxylic acids is 2. The van der Waals surface area contributed by atoms with E-state index >= 15 is 0 Å². The number of phenols is 2. The van der Waals surface area contributed by atoms with Gasteiger partial charge < -0.3 is 24.8 Å². The molecule has 0 spiro atoms. The third kappa shape index (κ3) is 6.68. The van der Waals surface area contributed by atoms with Crippen LogP contribution in [0.25, 0.3) is 12.2 Å². The number of esters is 2. The highest BCUT2D eigenvalue weighted by Crippen LogP contribution is 2.76. The van der Waals surface area contributed by atoms with Crippen LogP contribution in [-0.2, 0) is 23.9 Å². The fraction of sp³-hybridized carbons (Fsp3) is 0.562. The Bertz CT molecular complexity index is 1940. The molecule has 300 valence electrons. The minimum Gasteiger partial charge on any atom is -0.508 e. The summed E-state index contributed by atoms with van der Waals surface area (Å²) in [5.74, 6) is -0.771. The van der Waals surface area contributed by atoms with Gasteiger partial charge in [0.25, 0.3) is 0 Å². The number of allylic oxidation sites excluding steroid dienone is 1. The highest BCUT2D eigenvalue weighted by Gasteiger charge is 2.71. The van der Waals surface area contributed by atoms with Crippen molar-refractivity contribution in [1.29, 1.82) is 0 Å². The highest BCUT2D eigenvalue weighted by molar-refractivity contribution is 5.87. The van der Waals surface area contributed by atoms with Crippen LogP contribution in [0.4, 0.5) is 0 Å². The van der Waals surface area contributed by atoms with Gasteiger partial charge in [-0.25, -0.2) is 9.59 Å². The maximum absolute atomic E-state index is 13.5. The van der Waals surface area contributed by atoms with Crippen molar-refractivity contribution in [1.82, 2.24) is 0 Å². The number of carboxylic acids is 1. The molecule has 56 heavy (non-hydrogen) atoms. The number of aromatic hydroxyl groups is 2. The molecule has 0 radical (unpaired) electrons. The fourth-order valence-corrected chi connectivity index (χ4v) is 12.8. The van der Waals surface area contributed by atoms with Crippen molar-refractivity contribution in [3.63, 3.8) is 0 Å². The standard InChI is InChI=1S/C48H60O8/c1-43(2)25-26-47(42(53)54)27-28-48(30-55-40(51)19-11-31-7-13-33(49)14-8-31)35(36(47)29-43)17-18-38-45(5)23-22-39(44(3,4)37(45)21-24-46(38,48)6)56-41(52)20-12-32-9-15-34(50)16-10-32/h7-17,19-20,36-39,49-50H,18,21-30H2,1-6H3,(H,53,54). The molecule has 0 bridgehead atoms. The molecule has 8 heteroatoms. The van der Waals surface area contributed by atoms with E-state index in [1.165, 1.54) is 17.7 Å². The first-order valence-electron chi connectivity index (χ1n) is 20.6. The van der Waals surface area contributed by atoms with Gasteiger partial charge in [-0.2, -0.15) is 0 Å². The lowest BCUT2D eigenvalue weighted by Crippen LogP contribution is -2.67. The molecule has 3 N–H and O–H groups in total. The molecule has 0 heterocycles. The number of hydrogen-bond donors (Lipinski definition) is 3. The van der Waals surface area contributed by atoms with Gasteiger partial charge in [0.2, 0.25) is 0 Å². The van der Waals surface area contributed by atoms with Gasteiger partial charge in [-0.15, -0.1) is 0 Å². The van der Waals surface area contributed by atoms with E-state index in [1.807, 2.05) is 0 Å². The van der Waals surface area contributed by atoms with E-state index in [9.17, 15) is 29.7 Å². The predicted molar refractivity (Wildman–Crippen MR) is 216 cm³/mol. The summed E-state index contributed by atoms with van der Waals surface area (Å²) in [5, 5.41) is 30.3. The van der Waals surface area contributed by atoms with Crippen molar-refractivity contribution in [2.75, 3.05) is 6.61 Å². The van der Waals surface area contributed by atoms with E-state index in [-0.39, 0.29) is 69.6 Å². The van der Waals surface area contributed by atoms with E-state index in [0.29, 0.717) is 19.3 Å². The number of rotatable bonds is 8. The maximum Gasteiger partial charge on any atom is 0.331 e. The highest BCUT2D eigenvalue weighted by atomic mass is 16.5. The topological polar surface area (TPSA) is 130 Å². The molecule has 8 nitrogen and oxygen atoms in total. The monoisotopic (exact) mass is 764 g/mol. The van der Waals surface area contributed by atoms with Crippen LogP contribution in [0.1, 0.15) is 117 Å². The molecule has 0 aliphatic heterocycles. The number of aliphatic carboxylic acids is 1. The lowest BCUT2D eigenvalue weighted by molar-refractivity contribution is -0.221. The van der Waals surface area contributed by atoms with Crippen LogP contribution < -0.4 is 0 Å². The van der Waals surface area contributed by atoms with E-state index < -0.39 is 22.8 Å². The van der Waals surface area contributed by atoms with Crippen LogP contribution in [-0.4, -0.2) is 45.9 Å². The lowest BCUT2D eigenvalue weighted by Gasteiger charge is -2.71. The zero-order chi connectivity index (χ0) is 40.3. The van der Waals surface area contributed by atoms with Gasteiger partial charge in [0.05, 0.1) is 5.41 Å². The molecule has 5 aliphatic rings. The van der Waals surface area contributed by atoms with E-state index in [2.05, 4.69) is 47.6 Å². The van der Waals surface area contributed by atoms with Gasteiger partial charge in [0.15, 0.2) is 0 Å². The first kappa shape index (κ1) is 39.9. The minimum atomic E-state index is -0.821. The second-order valence-electron chi connectivity index (χ2n) is 19.7. The van der Waals surface area contributed by atoms with E-state index in [0.717, 1.165) is 56.1 Å². The van der Waals surface area contributed by atoms with Gasteiger partial charge in [-0.05, 0) is 146 Å². The number of benzene rings is 2. The Morgan fingerprint density at radius 2 is 1.32 bits per heavy atom. The normalized spacial score (nSPS) is 35.6. The number of ether oxygens (including phenoxy) is 2. The Morgan fingerprint density at radius 1 is 0.732 bits per heavy atom. The van der Waals surface area contributed by atoms with Gasteiger partial charge in [0.1, 0.15) is 24.2 Å². The quantitative estimate of drug-likeness (QED) is 0.138. The summed E-state index contributed by atoms with van der Waals surface area (Å²) in [7, 11) is 0. The Kier molecular flexibility index (Phi) is 10.1. The van der Waals surface area contributed by atoms with Gasteiger partial charge in [-0.1, -0.05) is 77.5 Å². The second kappa shape index (κ2) is 14.2. The van der Waals surface area contributed by atoms with Crippen molar-refractivity contribution in [3.8, 4) is 11.5 Å². The van der Waals surface area contributed by atoms with Crippen LogP contribution in [0.5, 0.6) is 11.5 Å². The molecule has 0 saturated heterocycles. The summed E-state index contributed by atoms with van der Waals surface area (Å²) in [5.41, 5.74) is 0.800. The Labute approximate surface area is 332 Å². The summed E-state index contributed by atoms with van der Waals surface area (Å²) in [4.78, 5) is 40.1. The summed E-state index contributed by atoms with van der Waals surface area (Å²) >= 11 is 0. The first-order valence-corrected chi connectivity index (χ1v) is 20.6. The largest absolute Gasteiger partial charge is 0.508 e. The average Bonchev–Trinajstić information content (AvgIpc) is 3.14. The van der Waals surface area contributed by atoms with Crippen LogP contribution >= 0.6 is 0 Å². The third-order valence-electron chi connectivity index (χ3n) is 16.0. The molecule has 8 unspecified atom stereocenters. The van der Waals surface area contributed by atoms with Crippen molar-refractivity contribution in [2.45, 2.75) is 112 Å². The van der Waals surface area contributed by atoms with Crippen molar-refractivity contribution >= 4 is 30.1 Å². The smallest absolute Gasteiger partial charge is 0.331 e. The molecule has 8 atom stereocenters. The fourth-order valence-electron chi connectivity index (χ4n) is 12.8.